The number of nitrogens with two attached hydrogens (primary N) is 1. The normalized spacial score (nSPS) is 9.62. The zero-order valence-electron chi connectivity index (χ0n) is 6.95. The van der Waals surface area contributed by atoms with E-state index in [-0.39, 0.29) is 24.5 Å². The lowest BCUT2D eigenvalue weighted by atomic mass is 10.2. The largest absolute Gasteiger partial charge is 0.294 e. The van der Waals surface area contributed by atoms with Crippen molar-refractivity contribution in [3.05, 3.63) is 22.4 Å². The molecule has 0 unspecified atom stereocenters. The van der Waals surface area contributed by atoms with Gasteiger partial charge in [-0.1, -0.05) is 6.07 Å². The zero-order chi connectivity index (χ0) is 9.68. The van der Waals surface area contributed by atoms with E-state index >= 15 is 0 Å². The lowest BCUT2D eigenvalue weighted by Crippen LogP contribution is -2.30. The number of nitrogens with one attached hydrogen (secondary N) is 1. The molecule has 0 radical (unpaired) electrons. The van der Waals surface area contributed by atoms with Gasteiger partial charge in [0, 0.05) is 12.8 Å². The second-order valence-corrected chi connectivity index (χ2v) is 3.42. The average Bonchev–Trinajstić information content (AvgIpc) is 2.66. The third-order valence-electron chi connectivity index (χ3n) is 1.54. The summed E-state index contributed by atoms with van der Waals surface area (Å²) in [6, 6.07) is 3.55. The number of rotatable bonds is 4. The molecule has 0 atom stereocenters. The van der Waals surface area contributed by atoms with Gasteiger partial charge in [-0.2, -0.15) is 0 Å². The maximum Gasteiger partial charge on any atom is 0.234 e. The molecule has 1 aromatic rings. The Balaban J connectivity index is 2.39. The Labute approximate surface area is 79.7 Å². The average molecular weight is 198 g/mol. The summed E-state index contributed by atoms with van der Waals surface area (Å²) in [5.74, 6) is 4.54. The first-order chi connectivity index (χ1) is 6.24. The Hall–Kier alpha value is -1.20. The van der Waals surface area contributed by atoms with Gasteiger partial charge in [0.1, 0.15) is 0 Å². The van der Waals surface area contributed by atoms with Gasteiger partial charge in [-0.25, -0.2) is 5.84 Å². The van der Waals surface area contributed by atoms with Gasteiger partial charge in [0.2, 0.25) is 5.91 Å². The second kappa shape index (κ2) is 4.74. The highest BCUT2D eigenvalue weighted by atomic mass is 32.1. The van der Waals surface area contributed by atoms with Crippen molar-refractivity contribution in [2.75, 3.05) is 0 Å². The number of amides is 1. The number of ketones is 1. The fourth-order valence-corrected chi connectivity index (χ4v) is 1.55. The number of carbonyl (C=O) groups is 2. The highest BCUT2D eigenvalue weighted by Gasteiger charge is 2.08. The van der Waals surface area contributed by atoms with Crippen LogP contribution in [-0.2, 0) is 4.79 Å². The molecule has 0 aliphatic carbocycles. The van der Waals surface area contributed by atoms with E-state index in [2.05, 4.69) is 0 Å². The molecule has 0 spiro atoms. The van der Waals surface area contributed by atoms with Crippen molar-refractivity contribution in [1.29, 1.82) is 0 Å². The standard InChI is InChI=1S/C8H10N2O2S/c9-10-8(12)4-3-6(11)7-2-1-5-13-7/h1-2,5H,3-4,9H2,(H,10,12). The molecule has 1 aromatic heterocycles. The minimum absolute atomic E-state index is 0.0152. The minimum Gasteiger partial charge on any atom is -0.294 e. The van der Waals surface area contributed by atoms with Gasteiger partial charge in [-0.15, -0.1) is 11.3 Å². The lowest BCUT2D eigenvalue weighted by Gasteiger charge is -1.97. The summed E-state index contributed by atoms with van der Waals surface area (Å²) in [5, 5.41) is 1.83. The fourth-order valence-electron chi connectivity index (χ4n) is 0.860. The van der Waals surface area contributed by atoms with Crippen LogP contribution in [0.25, 0.3) is 0 Å². The van der Waals surface area contributed by atoms with Gasteiger partial charge in [0.15, 0.2) is 5.78 Å². The lowest BCUT2D eigenvalue weighted by molar-refractivity contribution is -0.121. The molecular formula is C8H10N2O2S. The molecule has 4 nitrogen and oxygen atoms in total. The number of thiophene rings is 1. The predicted octanol–water partition coefficient (Wildman–Crippen LogP) is 0.701. The van der Waals surface area contributed by atoms with E-state index in [0.29, 0.717) is 4.88 Å². The molecule has 5 heteroatoms. The first-order valence-electron chi connectivity index (χ1n) is 3.80. The summed E-state index contributed by atoms with van der Waals surface area (Å²) in [6.45, 7) is 0. The van der Waals surface area contributed by atoms with E-state index in [1.807, 2.05) is 10.8 Å². The number of hydrogen-bond donors (Lipinski definition) is 2. The molecule has 0 aromatic carbocycles. The molecule has 0 fully saturated rings. The van der Waals surface area contributed by atoms with Crippen LogP contribution in [0.2, 0.25) is 0 Å². The third kappa shape index (κ3) is 2.96. The number of hydrogen-bond acceptors (Lipinski definition) is 4. The van der Waals surface area contributed by atoms with Crippen molar-refractivity contribution in [2.24, 2.45) is 5.84 Å². The van der Waals surface area contributed by atoms with Gasteiger partial charge in [-0.3, -0.25) is 15.0 Å². The van der Waals surface area contributed by atoms with E-state index < -0.39 is 0 Å². The van der Waals surface area contributed by atoms with Gasteiger partial charge < -0.3 is 0 Å². The van der Waals surface area contributed by atoms with Gasteiger partial charge in [0.25, 0.3) is 0 Å². The maximum absolute atomic E-state index is 11.3. The smallest absolute Gasteiger partial charge is 0.234 e. The summed E-state index contributed by atoms with van der Waals surface area (Å²) < 4.78 is 0. The Morgan fingerprint density at radius 3 is 2.77 bits per heavy atom. The Morgan fingerprint density at radius 2 is 2.23 bits per heavy atom. The van der Waals surface area contributed by atoms with Gasteiger partial charge in [-0.05, 0) is 11.4 Å². The van der Waals surface area contributed by atoms with Crippen LogP contribution in [-0.4, -0.2) is 11.7 Å². The van der Waals surface area contributed by atoms with Crippen LogP contribution in [0.4, 0.5) is 0 Å². The molecule has 1 heterocycles. The Bertz CT molecular complexity index is 295. The number of carbonyl (C=O) groups excluding carboxylic acids is 2. The van der Waals surface area contributed by atoms with Crippen molar-refractivity contribution < 1.29 is 9.59 Å². The van der Waals surface area contributed by atoms with E-state index in [9.17, 15) is 9.59 Å². The van der Waals surface area contributed by atoms with Crippen molar-refractivity contribution >= 4 is 23.0 Å². The Morgan fingerprint density at radius 1 is 1.46 bits per heavy atom. The van der Waals surface area contributed by atoms with Gasteiger partial charge in [0.05, 0.1) is 4.88 Å². The van der Waals surface area contributed by atoms with Crippen LogP contribution in [0.1, 0.15) is 22.5 Å². The maximum atomic E-state index is 11.3. The van der Waals surface area contributed by atoms with Crippen LogP contribution in [0.15, 0.2) is 17.5 Å². The SMILES string of the molecule is NNC(=O)CCC(=O)c1cccs1. The summed E-state index contributed by atoms with van der Waals surface area (Å²) in [5.41, 5.74) is 1.98. The van der Waals surface area contributed by atoms with Crippen molar-refractivity contribution in [3.8, 4) is 0 Å². The third-order valence-corrected chi connectivity index (χ3v) is 2.45. The summed E-state index contributed by atoms with van der Waals surface area (Å²) in [4.78, 5) is 22.7. The first kappa shape index (κ1) is 9.88. The molecule has 13 heavy (non-hydrogen) atoms. The predicted molar refractivity (Wildman–Crippen MR) is 50.2 cm³/mol. The molecule has 1 rings (SSSR count). The zero-order valence-corrected chi connectivity index (χ0v) is 7.76. The van der Waals surface area contributed by atoms with E-state index in [4.69, 9.17) is 5.84 Å². The molecule has 0 saturated heterocycles. The fraction of sp³-hybridized carbons (Fsp3) is 0.250. The number of hydrazine groups is 1. The van der Waals surface area contributed by atoms with Crippen molar-refractivity contribution in [2.45, 2.75) is 12.8 Å². The van der Waals surface area contributed by atoms with Crippen molar-refractivity contribution in [1.82, 2.24) is 5.43 Å². The topological polar surface area (TPSA) is 72.2 Å². The number of Topliss-reactive ketones (excluding diaryl/α,β-unsaturated/α-hetero) is 1. The Kier molecular flexibility index (Phi) is 3.60. The molecule has 0 saturated carbocycles. The van der Waals surface area contributed by atoms with Gasteiger partial charge >= 0.3 is 0 Å². The molecular weight excluding hydrogens is 188 g/mol. The minimum atomic E-state index is -0.315. The molecule has 0 bridgehead atoms. The highest BCUT2D eigenvalue weighted by molar-refractivity contribution is 7.12. The molecule has 0 aliphatic heterocycles. The van der Waals surface area contributed by atoms with Crippen LogP contribution in [0, 0.1) is 0 Å². The molecule has 70 valence electrons. The summed E-state index contributed by atoms with van der Waals surface area (Å²) >= 11 is 1.38. The van der Waals surface area contributed by atoms with E-state index in [0.717, 1.165) is 0 Å². The summed E-state index contributed by atoms with van der Waals surface area (Å²) in [7, 11) is 0. The van der Waals surface area contributed by atoms with Crippen LogP contribution in [0.5, 0.6) is 0 Å². The molecule has 1 amide bonds. The highest BCUT2D eigenvalue weighted by Crippen LogP contribution is 2.11. The van der Waals surface area contributed by atoms with E-state index in [1.54, 1.807) is 12.1 Å². The van der Waals surface area contributed by atoms with Crippen LogP contribution < -0.4 is 11.3 Å². The van der Waals surface area contributed by atoms with Crippen LogP contribution >= 0.6 is 11.3 Å². The summed E-state index contributed by atoms with van der Waals surface area (Å²) in [6.07, 6.45) is 0.358. The quantitative estimate of drug-likeness (QED) is 0.324. The van der Waals surface area contributed by atoms with Crippen LogP contribution in [0.3, 0.4) is 0 Å². The second-order valence-electron chi connectivity index (χ2n) is 2.47. The monoisotopic (exact) mass is 198 g/mol. The molecule has 0 aliphatic rings. The van der Waals surface area contributed by atoms with E-state index in [1.165, 1.54) is 11.3 Å². The first-order valence-corrected chi connectivity index (χ1v) is 4.68. The van der Waals surface area contributed by atoms with Crippen molar-refractivity contribution in [3.63, 3.8) is 0 Å². The molecule has 3 N–H and O–H groups in total.